The van der Waals surface area contributed by atoms with Gasteiger partial charge < -0.3 is 0 Å². The molecule has 0 saturated carbocycles. The van der Waals surface area contributed by atoms with Gasteiger partial charge in [0.05, 0.1) is 5.69 Å². The number of benzene rings is 1. The smallest absolute Gasteiger partial charge is 0.220 e. The Morgan fingerprint density at radius 1 is 1.42 bits per heavy atom. The van der Waals surface area contributed by atoms with Gasteiger partial charge in [0.1, 0.15) is 6.33 Å². The maximum Gasteiger partial charge on any atom is 0.221 e. The van der Waals surface area contributed by atoms with Gasteiger partial charge in [0, 0.05) is 5.02 Å². The van der Waals surface area contributed by atoms with Crippen molar-refractivity contribution in [3.05, 3.63) is 41.9 Å². The predicted octanol–water partition coefficient (Wildman–Crippen LogP) is 1.72. The van der Waals surface area contributed by atoms with Crippen molar-refractivity contribution >= 4 is 11.6 Å². The Hall–Kier alpha value is -1.35. The maximum atomic E-state index is 5.79. The molecule has 1 aromatic heterocycles. The molecule has 3 nitrogen and oxygen atoms in total. The van der Waals surface area contributed by atoms with Crippen LogP contribution >= 0.6 is 11.6 Å². The number of aromatic nitrogens is 3. The van der Waals surface area contributed by atoms with Crippen molar-refractivity contribution in [1.82, 2.24) is 14.8 Å². The second-order valence-corrected chi connectivity index (χ2v) is 2.71. The van der Waals surface area contributed by atoms with Crippen molar-refractivity contribution in [2.75, 3.05) is 0 Å². The second kappa shape index (κ2) is 2.95. The van der Waals surface area contributed by atoms with Gasteiger partial charge in [-0.05, 0) is 18.2 Å². The van der Waals surface area contributed by atoms with Gasteiger partial charge in [-0.3, -0.25) is 0 Å². The van der Waals surface area contributed by atoms with Gasteiger partial charge in [-0.15, -0.1) is 5.10 Å². The average Bonchev–Trinajstić information content (AvgIpc) is 2.56. The molecule has 0 aliphatic rings. The molecule has 0 bridgehead atoms. The number of halogens is 1. The van der Waals surface area contributed by atoms with Gasteiger partial charge in [0.25, 0.3) is 0 Å². The summed E-state index contributed by atoms with van der Waals surface area (Å²) in [4.78, 5) is 3.71. The third-order valence-corrected chi connectivity index (χ3v) is 1.69. The van der Waals surface area contributed by atoms with Gasteiger partial charge in [-0.1, -0.05) is 17.7 Å². The van der Waals surface area contributed by atoms with Crippen LogP contribution in [0.25, 0.3) is 5.69 Å². The summed E-state index contributed by atoms with van der Waals surface area (Å²) < 4.78 is 1.60. The Bertz CT molecular complexity index is 370. The molecule has 0 amide bonds. The first-order valence-corrected chi connectivity index (χ1v) is 3.78. The van der Waals surface area contributed by atoms with E-state index in [2.05, 4.69) is 16.4 Å². The van der Waals surface area contributed by atoms with Crippen LogP contribution in [0.3, 0.4) is 0 Å². The number of nitrogens with zero attached hydrogens (tertiary/aromatic N) is 3. The minimum Gasteiger partial charge on any atom is -0.220 e. The highest BCUT2D eigenvalue weighted by Gasteiger charge is 1.95. The Kier molecular flexibility index (Phi) is 1.80. The summed E-state index contributed by atoms with van der Waals surface area (Å²) in [5.41, 5.74) is 0.885. The van der Waals surface area contributed by atoms with E-state index < -0.39 is 0 Å². The van der Waals surface area contributed by atoms with E-state index in [9.17, 15) is 0 Å². The maximum absolute atomic E-state index is 5.79. The van der Waals surface area contributed by atoms with E-state index in [0.29, 0.717) is 5.02 Å². The molecule has 0 spiro atoms. The fourth-order valence-electron chi connectivity index (χ4n) is 0.923. The fourth-order valence-corrected chi connectivity index (χ4v) is 1.11. The summed E-state index contributed by atoms with van der Waals surface area (Å²) in [6.07, 6.45) is 4.04. The lowest BCUT2D eigenvalue weighted by molar-refractivity contribution is 0.876. The summed E-state index contributed by atoms with van der Waals surface area (Å²) in [6.45, 7) is 0. The highest BCUT2D eigenvalue weighted by atomic mass is 35.5. The first kappa shape index (κ1) is 7.31. The highest BCUT2D eigenvalue weighted by molar-refractivity contribution is 6.30. The molecular formula is C8H5ClN3. The van der Waals surface area contributed by atoms with Gasteiger partial charge in [-0.2, -0.15) is 0 Å². The molecular weight excluding hydrogens is 174 g/mol. The summed E-state index contributed by atoms with van der Waals surface area (Å²) >= 11 is 5.79. The standard InChI is InChI=1S/C8H5ClN3/c9-7-2-1-3-8(4-7)12-6-10-5-11-12/h1-4,6H. The molecule has 1 heterocycles. The quantitative estimate of drug-likeness (QED) is 0.666. The zero-order valence-corrected chi connectivity index (χ0v) is 6.86. The summed E-state index contributed by atoms with van der Waals surface area (Å²) in [5, 5.41) is 4.53. The van der Waals surface area contributed by atoms with Gasteiger partial charge in [0.2, 0.25) is 6.33 Å². The zero-order valence-electron chi connectivity index (χ0n) is 6.11. The molecule has 2 aromatic rings. The predicted molar refractivity (Wildman–Crippen MR) is 45.2 cm³/mol. The molecule has 0 fully saturated rings. The van der Waals surface area contributed by atoms with Crippen LogP contribution in [0, 0.1) is 6.33 Å². The summed E-state index contributed by atoms with van der Waals surface area (Å²) in [5.74, 6) is 0. The zero-order chi connectivity index (χ0) is 8.39. The monoisotopic (exact) mass is 178 g/mol. The van der Waals surface area contributed by atoms with Crippen LogP contribution < -0.4 is 0 Å². The molecule has 2 rings (SSSR count). The van der Waals surface area contributed by atoms with Crippen molar-refractivity contribution in [2.45, 2.75) is 0 Å². The topological polar surface area (TPSA) is 30.7 Å². The van der Waals surface area contributed by atoms with Crippen molar-refractivity contribution in [3.8, 4) is 5.69 Å². The van der Waals surface area contributed by atoms with Crippen LogP contribution in [-0.2, 0) is 0 Å². The first-order valence-electron chi connectivity index (χ1n) is 3.40. The van der Waals surface area contributed by atoms with Crippen LogP contribution in [0.15, 0.2) is 30.6 Å². The SMILES string of the molecule is Clc1cccc(-n2cn[c]n2)c1. The van der Waals surface area contributed by atoms with Gasteiger partial charge in [0.15, 0.2) is 0 Å². The van der Waals surface area contributed by atoms with E-state index in [1.54, 1.807) is 11.0 Å². The van der Waals surface area contributed by atoms with E-state index in [-0.39, 0.29) is 0 Å². The second-order valence-electron chi connectivity index (χ2n) is 2.27. The van der Waals surface area contributed by atoms with E-state index in [1.807, 2.05) is 24.3 Å². The van der Waals surface area contributed by atoms with Crippen molar-refractivity contribution in [1.29, 1.82) is 0 Å². The Balaban J connectivity index is 2.48. The molecule has 12 heavy (non-hydrogen) atoms. The normalized spacial score (nSPS) is 10.1. The number of rotatable bonds is 1. The summed E-state index contributed by atoms with van der Waals surface area (Å²) in [6, 6.07) is 7.38. The first-order chi connectivity index (χ1) is 5.86. The Morgan fingerprint density at radius 2 is 2.33 bits per heavy atom. The van der Waals surface area contributed by atoms with E-state index >= 15 is 0 Å². The van der Waals surface area contributed by atoms with Crippen LogP contribution in [0.4, 0.5) is 0 Å². The lowest BCUT2D eigenvalue weighted by Gasteiger charge is -1.98. The number of hydrogen-bond donors (Lipinski definition) is 0. The third kappa shape index (κ3) is 1.31. The van der Waals surface area contributed by atoms with Gasteiger partial charge in [-0.25, -0.2) is 9.67 Å². The Morgan fingerprint density at radius 3 is 3.00 bits per heavy atom. The van der Waals surface area contributed by atoms with Crippen molar-refractivity contribution < 1.29 is 0 Å². The van der Waals surface area contributed by atoms with Gasteiger partial charge >= 0.3 is 0 Å². The lowest BCUT2D eigenvalue weighted by atomic mass is 10.3. The van der Waals surface area contributed by atoms with E-state index in [4.69, 9.17) is 11.6 Å². The Labute approximate surface area is 74.6 Å². The molecule has 59 valence electrons. The molecule has 0 atom stereocenters. The summed E-state index contributed by atoms with van der Waals surface area (Å²) in [7, 11) is 0. The van der Waals surface area contributed by atoms with Crippen LogP contribution in [0.1, 0.15) is 0 Å². The van der Waals surface area contributed by atoms with E-state index in [1.165, 1.54) is 0 Å². The molecule has 0 N–H and O–H groups in total. The van der Waals surface area contributed by atoms with Crippen LogP contribution in [0.5, 0.6) is 0 Å². The fraction of sp³-hybridized carbons (Fsp3) is 0. The molecule has 0 aliphatic carbocycles. The molecule has 4 heteroatoms. The molecule has 0 unspecified atom stereocenters. The molecule has 1 aromatic carbocycles. The van der Waals surface area contributed by atoms with Crippen molar-refractivity contribution in [2.24, 2.45) is 0 Å². The third-order valence-electron chi connectivity index (χ3n) is 1.45. The van der Waals surface area contributed by atoms with Crippen LogP contribution in [0.2, 0.25) is 5.02 Å². The molecule has 0 aliphatic heterocycles. The number of hydrogen-bond acceptors (Lipinski definition) is 2. The minimum atomic E-state index is 0.683. The largest absolute Gasteiger partial charge is 0.221 e. The lowest BCUT2D eigenvalue weighted by Crippen LogP contribution is -1.92. The molecule has 1 radical (unpaired) electrons. The minimum absolute atomic E-state index is 0.683. The van der Waals surface area contributed by atoms with Crippen molar-refractivity contribution in [3.63, 3.8) is 0 Å². The van der Waals surface area contributed by atoms with E-state index in [0.717, 1.165) is 5.69 Å². The highest BCUT2D eigenvalue weighted by Crippen LogP contribution is 2.12. The van der Waals surface area contributed by atoms with Crippen LogP contribution in [-0.4, -0.2) is 14.8 Å². The molecule has 0 saturated heterocycles. The average molecular weight is 179 g/mol.